The van der Waals surface area contributed by atoms with Gasteiger partial charge in [0.25, 0.3) is 0 Å². The van der Waals surface area contributed by atoms with E-state index in [-0.39, 0.29) is 0 Å². The average Bonchev–Trinajstić information content (AvgIpc) is 2.41. The van der Waals surface area contributed by atoms with Crippen LogP contribution in [0.1, 0.15) is 25.2 Å². The molecule has 0 aliphatic carbocycles. The van der Waals surface area contributed by atoms with Crippen LogP contribution >= 0.6 is 0 Å². The first kappa shape index (κ1) is 13.5. The fraction of sp³-hybridized carbons (Fsp3) is 0.333. The number of hydrogen-bond acceptors (Lipinski definition) is 4. The van der Waals surface area contributed by atoms with Crippen LogP contribution in [0.4, 0.5) is 11.5 Å². The largest absolute Gasteiger partial charge is 0.340 e. The summed E-state index contributed by atoms with van der Waals surface area (Å²) in [6.45, 7) is 4.80. The van der Waals surface area contributed by atoms with E-state index in [1.807, 2.05) is 6.07 Å². The summed E-state index contributed by atoms with van der Waals surface area (Å²) in [5.41, 5.74) is 7.90. The third-order valence-electron chi connectivity index (χ3n) is 2.76. The number of nitrogens with two attached hydrogens (primary N) is 1. The lowest BCUT2D eigenvalue weighted by atomic mass is 10.0. The van der Waals surface area contributed by atoms with E-state index < -0.39 is 0 Å². The van der Waals surface area contributed by atoms with Gasteiger partial charge in [0.15, 0.2) is 0 Å². The molecule has 2 aromatic rings. The monoisotopic (exact) mass is 256 g/mol. The molecule has 0 saturated heterocycles. The summed E-state index contributed by atoms with van der Waals surface area (Å²) in [6.07, 6.45) is 2.82. The Balaban J connectivity index is 2.06. The van der Waals surface area contributed by atoms with Gasteiger partial charge in [-0.15, -0.1) is 0 Å². The Kier molecular flexibility index (Phi) is 4.47. The van der Waals surface area contributed by atoms with Crippen LogP contribution in [0.5, 0.6) is 0 Å². The molecule has 3 N–H and O–H groups in total. The number of nitrogens with one attached hydrogen (secondary N) is 1. The van der Waals surface area contributed by atoms with Gasteiger partial charge in [0.1, 0.15) is 11.6 Å². The molecule has 0 unspecified atom stereocenters. The van der Waals surface area contributed by atoms with E-state index in [0.29, 0.717) is 18.3 Å². The topological polar surface area (TPSA) is 63.8 Å². The maximum Gasteiger partial charge on any atom is 0.144 e. The van der Waals surface area contributed by atoms with Crippen molar-refractivity contribution in [2.75, 3.05) is 5.32 Å². The van der Waals surface area contributed by atoms with Crippen LogP contribution in [-0.4, -0.2) is 9.97 Å². The summed E-state index contributed by atoms with van der Waals surface area (Å²) in [7, 11) is 0. The third-order valence-corrected chi connectivity index (χ3v) is 2.76. The van der Waals surface area contributed by atoms with Gasteiger partial charge in [-0.05, 0) is 36.1 Å². The van der Waals surface area contributed by atoms with E-state index in [0.717, 1.165) is 17.9 Å². The number of hydrogen-bond donors (Lipinski definition) is 2. The summed E-state index contributed by atoms with van der Waals surface area (Å²) >= 11 is 0. The Hall–Kier alpha value is -1.94. The molecule has 1 aromatic heterocycles. The second-order valence-electron chi connectivity index (χ2n) is 4.98. The second kappa shape index (κ2) is 6.29. The number of benzene rings is 1. The van der Waals surface area contributed by atoms with E-state index in [1.165, 1.54) is 5.56 Å². The van der Waals surface area contributed by atoms with Crippen molar-refractivity contribution in [3.63, 3.8) is 0 Å². The zero-order valence-corrected chi connectivity index (χ0v) is 11.4. The van der Waals surface area contributed by atoms with Gasteiger partial charge in [-0.1, -0.05) is 26.0 Å². The van der Waals surface area contributed by atoms with E-state index in [1.54, 1.807) is 6.20 Å². The zero-order valence-electron chi connectivity index (χ0n) is 11.4. The van der Waals surface area contributed by atoms with Crippen molar-refractivity contribution in [3.8, 4) is 0 Å². The fourth-order valence-corrected chi connectivity index (χ4v) is 1.91. The van der Waals surface area contributed by atoms with Gasteiger partial charge in [-0.3, -0.25) is 0 Å². The van der Waals surface area contributed by atoms with Crippen LogP contribution in [0, 0.1) is 5.92 Å². The minimum atomic E-state index is 0.350. The van der Waals surface area contributed by atoms with Gasteiger partial charge in [0.05, 0.1) is 6.54 Å². The highest BCUT2D eigenvalue weighted by atomic mass is 15.0. The number of anilines is 2. The molecule has 0 amide bonds. The second-order valence-corrected chi connectivity index (χ2v) is 4.98. The highest BCUT2D eigenvalue weighted by Gasteiger charge is 2.00. The Morgan fingerprint density at radius 3 is 2.53 bits per heavy atom. The normalized spacial score (nSPS) is 10.7. The third kappa shape index (κ3) is 4.03. The predicted octanol–water partition coefficient (Wildman–Crippen LogP) is 2.88. The molecule has 4 heteroatoms. The first-order chi connectivity index (χ1) is 9.17. The van der Waals surface area contributed by atoms with E-state index in [9.17, 15) is 0 Å². The summed E-state index contributed by atoms with van der Waals surface area (Å²) in [4.78, 5) is 8.38. The lowest BCUT2D eigenvalue weighted by Crippen LogP contribution is -2.04. The predicted molar refractivity (Wildman–Crippen MR) is 78.2 cm³/mol. The Labute approximate surface area is 114 Å². The van der Waals surface area contributed by atoms with Crippen molar-refractivity contribution in [2.45, 2.75) is 26.8 Å². The van der Waals surface area contributed by atoms with Crippen LogP contribution in [0.3, 0.4) is 0 Å². The minimum absolute atomic E-state index is 0.350. The molecule has 19 heavy (non-hydrogen) atoms. The SMILES string of the molecule is CC(C)Cc1ccc(Nc2ccnc(CN)n2)cc1. The summed E-state index contributed by atoms with van der Waals surface area (Å²) in [6, 6.07) is 10.3. The van der Waals surface area contributed by atoms with Gasteiger partial charge < -0.3 is 11.1 Å². The minimum Gasteiger partial charge on any atom is -0.340 e. The molecule has 0 atom stereocenters. The highest BCUT2D eigenvalue weighted by Crippen LogP contribution is 2.16. The number of nitrogens with zero attached hydrogens (tertiary/aromatic N) is 2. The van der Waals surface area contributed by atoms with Crippen molar-refractivity contribution in [1.82, 2.24) is 9.97 Å². The maximum atomic E-state index is 5.53. The van der Waals surface area contributed by atoms with Crippen LogP contribution in [0.25, 0.3) is 0 Å². The molecule has 1 heterocycles. The molecular formula is C15H20N4. The number of aromatic nitrogens is 2. The van der Waals surface area contributed by atoms with Crippen molar-refractivity contribution < 1.29 is 0 Å². The smallest absolute Gasteiger partial charge is 0.144 e. The molecule has 1 aromatic carbocycles. The van der Waals surface area contributed by atoms with Crippen molar-refractivity contribution in [2.24, 2.45) is 11.7 Å². The van der Waals surface area contributed by atoms with Crippen LogP contribution in [0.15, 0.2) is 36.5 Å². The molecular weight excluding hydrogens is 236 g/mol. The average molecular weight is 256 g/mol. The Morgan fingerprint density at radius 2 is 1.89 bits per heavy atom. The Bertz CT molecular complexity index is 520. The van der Waals surface area contributed by atoms with Crippen molar-refractivity contribution >= 4 is 11.5 Å². The molecule has 0 fully saturated rings. The van der Waals surface area contributed by atoms with Crippen LogP contribution in [0.2, 0.25) is 0 Å². The maximum absolute atomic E-state index is 5.53. The quantitative estimate of drug-likeness (QED) is 0.863. The molecule has 100 valence electrons. The van der Waals surface area contributed by atoms with Gasteiger partial charge in [-0.25, -0.2) is 9.97 Å². The summed E-state index contributed by atoms with van der Waals surface area (Å²) in [5, 5.41) is 3.25. The van der Waals surface area contributed by atoms with Gasteiger partial charge in [0.2, 0.25) is 0 Å². The van der Waals surface area contributed by atoms with Gasteiger partial charge in [-0.2, -0.15) is 0 Å². The lowest BCUT2D eigenvalue weighted by molar-refractivity contribution is 0.647. The first-order valence-electron chi connectivity index (χ1n) is 6.55. The summed E-state index contributed by atoms with van der Waals surface area (Å²) < 4.78 is 0. The van der Waals surface area contributed by atoms with Crippen LogP contribution < -0.4 is 11.1 Å². The fourth-order valence-electron chi connectivity index (χ4n) is 1.91. The van der Waals surface area contributed by atoms with E-state index >= 15 is 0 Å². The Morgan fingerprint density at radius 1 is 1.16 bits per heavy atom. The van der Waals surface area contributed by atoms with E-state index in [2.05, 4.69) is 53.4 Å². The van der Waals surface area contributed by atoms with E-state index in [4.69, 9.17) is 5.73 Å². The molecule has 0 spiro atoms. The first-order valence-corrected chi connectivity index (χ1v) is 6.55. The molecule has 0 aliphatic rings. The van der Waals surface area contributed by atoms with Gasteiger partial charge >= 0.3 is 0 Å². The summed E-state index contributed by atoms with van der Waals surface area (Å²) in [5.74, 6) is 2.08. The molecule has 4 nitrogen and oxygen atoms in total. The van der Waals surface area contributed by atoms with Crippen LogP contribution in [-0.2, 0) is 13.0 Å². The van der Waals surface area contributed by atoms with Crippen molar-refractivity contribution in [3.05, 3.63) is 47.9 Å². The standard InChI is InChI=1S/C15H20N4/c1-11(2)9-12-3-5-13(6-4-12)18-14-7-8-17-15(10-16)19-14/h3-8,11H,9-10,16H2,1-2H3,(H,17,18,19). The zero-order chi connectivity index (χ0) is 13.7. The lowest BCUT2D eigenvalue weighted by Gasteiger charge is -2.08. The number of rotatable bonds is 5. The molecule has 0 aliphatic heterocycles. The van der Waals surface area contributed by atoms with Gasteiger partial charge in [0, 0.05) is 11.9 Å². The molecule has 0 bridgehead atoms. The highest BCUT2D eigenvalue weighted by molar-refractivity contribution is 5.56. The van der Waals surface area contributed by atoms with Crippen molar-refractivity contribution in [1.29, 1.82) is 0 Å². The molecule has 0 saturated carbocycles. The molecule has 0 radical (unpaired) electrons. The molecule has 2 rings (SSSR count).